The number of hydrogen-bond donors (Lipinski definition) is 1. The topological polar surface area (TPSA) is 54.3 Å². The van der Waals surface area contributed by atoms with Crippen molar-refractivity contribution < 1.29 is 4.79 Å². The first-order valence-corrected chi connectivity index (χ1v) is 11.2. The summed E-state index contributed by atoms with van der Waals surface area (Å²) < 4.78 is 1.74. The standard InChI is InChI=1S/C24H31N3O2/c1-15(2)27-22-6-4-3-5-17(22)11-21(24(27)29)23(28)25-18-12-19-9-10-20(13-18)26(19)14-16-7-8-16/h3-6,11,15-16,18-20H,7-10,12-14H2,1-2H3,(H,25,28). The lowest BCUT2D eigenvalue weighted by Gasteiger charge is -2.39. The van der Waals surface area contributed by atoms with Crippen molar-refractivity contribution in [2.45, 2.75) is 76.5 Å². The van der Waals surface area contributed by atoms with Crippen LogP contribution in [0.1, 0.15) is 68.8 Å². The molecule has 29 heavy (non-hydrogen) atoms. The average Bonchev–Trinajstić information content (AvgIpc) is 3.47. The number of hydrogen-bond acceptors (Lipinski definition) is 3. The van der Waals surface area contributed by atoms with Crippen molar-refractivity contribution in [2.24, 2.45) is 5.92 Å². The smallest absolute Gasteiger partial charge is 0.264 e. The van der Waals surface area contributed by atoms with Crippen LogP contribution < -0.4 is 10.9 Å². The molecule has 0 spiro atoms. The Balaban J connectivity index is 1.37. The minimum atomic E-state index is -0.213. The van der Waals surface area contributed by atoms with Crippen LogP contribution in [0.2, 0.25) is 0 Å². The molecule has 0 radical (unpaired) electrons. The van der Waals surface area contributed by atoms with Gasteiger partial charge in [-0.15, -0.1) is 0 Å². The van der Waals surface area contributed by atoms with Crippen LogP contribution in [0.15, 0.2) is 35.1 Å². The van der Waals surface area contributed by atoms with Gasteiger partial charge in [-0.2, -0.15) is 0 Å². The lowest BCUT2D eigenvalue weighted by molar-refractivity contribution is 0.0833. The lowest BCUT2D eigenvalue weighted by Crippen LogP contribution is -2.51. The number of carbonyl (C=O) groups is 1. The molecule has 2 atom stereocenters. The molecule has 154 valence electrons. The van der Waals surface area contributed by atoms with Gasteiger partial charge in [0, 0.05) is 30.7 Å². The molecule has 5 rings (SSSR count). The Hall–Kier alpha value is -2.14. The minimum absolute atomic E-state index is 0.00153. The summed E-state index contributed by atoms with van der Waals surface area (Å²) in [6.07, 6.45) is 7.31. The Morgan fingerprint density at radius 3 is 2.45 bits per heavy atom. The number of piperidine rings is 1. The molecule has 2 aromatic rings. The Bertz CT molecular complexity index is 977. The number of nitrogens with zero attached hydrogens (tertiary/aromatic N) is 2. The fraction of sp³-hybridized carbons (Fsp3) is 0.583. The molecule has 2 saturated heterocycles. The van der Waals surface area contributed by atoms with Gasteiger partial charge in [-0.05, 0) is 75.8 Å². The monoisotopic (exact) mass is 393 g/mol. The largest absolute Gasteiger partial charge is 0.349 e. The first-order chi connectivity index (χ1) is 14.0. The maximum Gasteiger partial charge on any atom is 0.264 e. The van der Waals surface area contributed by atoms with E-state index in [9.17, 15) is 9.59 Å². The van der Waals surface area contributed by atoms with Crippen LogP contribution in [0.4, 0.5) is 0 Å². The van der Waals surface area contributed by atoms with E-state index in [1.54, 1.807) is 10.6 Å². The molecule has 1 aliphatic carbocycles. The quantitative estimate of drug-likeness (QED) is 0.842. The van der Waals surface area contributed by atoms with Crippen LogP contribution in [0, 0.1) is 5.92 Å². The highest BCUT2D eigenvalue weighted by Gasteiger charge is 2.43. The predicted octanol–water partition coefficient (Wildman–Crippen LogP) is 3.72. The Kier molecular flexibility index (Phi) is 4.73. The van der Waals surface area contributed by atoms with Gasteiger partial charge < -0.3 is 9.88 Å². The fourth-order valence-corrected chi connectivity index (χ4v) is 5.51. The third-order valence-electron chi connectivity index (χ3n) is 7.09. The maximum absolute atomic E-state index is 13.1. The number of amides is 1. The van der Waals surface area contributed by atoms with E-state index in [4.69, 9.17) is 0 Å². The number of nitrogens with one attached hydrogen (secondary N) is 1. The van der Waals surface area contributed by atoms with Crippen LogP contribution in [0.3, 0.4) is 0 Å². The predicted molar refractivity (Wildman–Crippen MR) is 115 cm³/mol. The molecule has 5 nitrogen and oxygen atoms in total. The van der Waals surface area contributed by atoms with Gasteiger partial charge >= 0.3 is 0 Å². The minimum Gasteiger partial charge on any atom is -0.349 e. The summed E-state index contributed by atoms with van der Waals surface area (Å²) in [6.45, 7) is 5.23. The molecule has 2 aliphatic heterocycles. The highest BCUT2D eigenvalue weighted by Crippen LogP contribution is 2.40. The van der Waals surface area contributed by atoms with E-state index in [1.165, 1.54) is 32.2 Å². The fourth-order valence-electron chi connectivity index (χ4n) is 5.51. The van der Waals surface area contributed by atoms with Crippen molar-refractivity contribution in [2.75, 3.05) is 6.54 Å². The Labute approximate surface area is 172 Å². The molecule has 5 heteroatoms. The van der Waals surface area contributed by atoms with E-state index in [2.05, 4.69) is 10.2 Å². The summed E-state index contributed by atoms with van der Waals surface area (Å²) in [5.41, 5.74) is 0.964. The molecular formula is C24H31N3O2. The van der Waals surface area contributed by atoms with Gasteiger partial charge in [0.05, 0.1) is 5.52 Å². The second kappa shape index (κ2) is 7.28. The molecule has 3 fully saturated rings. The molecule has 2 unspecified atom stereocenters. The van der Waals surface area contributed by atoms with Gasteiger partial charge in [0.25, 0.3) is 11.5 Å². The molecule has 1 saturated carbocycles. The van der Waals surface area contributed by atoms with Crippen molar-refractivity contribution in [3.8, 4) is 0 Å². The number of pyridine rings is 1. The normalized spacial score (nSPS) is 26.9. The number of aromatic nitrogens is 1. The summed E-state index contributed by atoms with van der Waals surface area (Å²) in [5, 5.41) is 4.15. The molecular weight excluding hydrogens is 362 g/mol. The van der Waals surface area contributed by atoms with Gasteiger partial charge in [0.1, 0.15) is 5.56 Å². The summed E-state index contributed by atoms with van der Waals surface area (Å²) in [7, 11) is 0. The van der Waals surface area contributed by atoms with E-state index in [0.29, 0.717) is 12.1 Å². The highest BCUT2D eigenvalue weighted by atomic mass is 16.2. The number of carbonyl (C=O) groups excluding carboxylic acids is 1. The molecule has 1 amide bonds. The van der Waals surface area contributed by atoms with Gasteiger partial charge in [-0.1, -0.05) is 18.2 Å². The number of benzene rings is 1. The zero-order chi connectivity index (χ0) is 20.1. The number of rotatable bonds is 5. The zero-order valence-corrected chi connectivity index (χ0v) is 17.4. The van der Waals surface area contributed by atoms with Gasteiger partial charge in [-0.25, -0.2) is 0 Å². The lowest BCUT2D eigenvalue weighted by atomic mass is 9.96. The summed E-state index contributed by atoms with van der Waals surface area (Å²) in [6, 6.07) is 11.0. The van der Waals surface area contributed by atoms with Crippen molar-refractivity contribution in [3.63, 3.8) is 0 Å². The first kappa shape index (κ1) is 18.9. The van der Waals surface area contributed by atoms with Crippen LogP contribution in [0.5, 0.6) is 0 Å². The second-order valence-electron chi connectivity index (χ2n) is 9.55. The maximum atomic E-state index is 13.1. The third kappa shape index (κ3) is 3.50. The molecule has 1 N–H and O–H groups in total. The van der Waals surface area contributed by atoms with Gasteiger partial charge in [-0.3, -0.25) is 14.5 Å². The Morgan fingerprint density at radius 2 is 1.79 bits per heavy atom. The van der Waals surface area contributed by atoms with Crippen LogP contribution >= 0.6 is 0 Å². The van der Waals surface area contributed by atoms with Crippen LogP contribution in [-0.2, 0) is 0 Å². The SMILES string of the molecule is CC(C)n1c(=O)c(C(=O)NC2CC3CCC(C2)N3CC2CC2)cc2ccccc21. The summed E-state index contributed by atoms with van der Waals surface area (Å²) >= 11 is 0. The summed E-state index contributed by atoms with van der Waals surface area (Å²) in [4.78, 5) is 29.0. The van der Waals surface area contributed by atoms with Gasteiger partial charge in [0.15, 0.2) is 0 Å². The third-order valence-corrected chi connectivity index (χ3v) is 7.09. The molecule has 2 bridgehead atoms. The van der Waals surface area contributed by atoms with Crippen molar-refractivity contribution in [1.82, 2.24) is 14.8 Å². The van der Waals surface area contributed by atoms with E-state index >= 15 is 0 Å². The highest BCUT2D eigenvalue weighted by molar-refractivity contribution is 5.97. The molecule has 1 aromatic carbocycles. The average molecular weight is 394 g/mol. The van der Waals surface area contributed by atoms with E-state index in [-0.39, 0.29) is 29.1 Å². The van der Waals surface area contributed by atoms with Crippen LogP contribution in [-0.4, -0.2) is 40.0 Å². The number of fused-ring (bicyclic) bond motifs is 3. The van der Waals surface area contributed by atoms with E-state index in [0.717, 1.165) is 29.7 Å². The number of para-hydroxylation sites is 1. The summed E-state index contributed by atoms with van der Waals surface area (Å²) in [5.74, 6) is 0.700. The molecule has 1 aromatic heterocycles. The van der Waals surface area contributed by atoms with Crippen molar-refractivity contribution in [1.29, 1.82) is 0 Å². The van der Waals surface area contributed by atoms with E-state index < -0.39 is 0 Å². The molecule has 3 aliphatic rings. The van der Waals surface area contributed by atoms with Crippen molar-refractivity contribution >= 4 is 16.8 Å². The second-order valence-corrected chi connectivity index (χ2v) is 9.55. The molecule has 3 heterocycles. The van der Waals surface area contributed by atoms with Crippen LogP contribution in [0.25, 0.3) is 10.9 Å². The van der Waals surface area contributed by atoms with E-state index in [1.807, 2.05) is 38.1 Å². The zero-order valence-electron chi connectivity index (χ0n) is 17.4. The van der Waals surface area contributed by atoms with Crippen molar-refractivity contribution in [3.05, 3.63) is 46.2 Å². The van der Waals surface area contributed by atoms with Gasteiger partial charge in [0.2, 0.25) is 0 Å². The first-order valence-electron chi connectivity index (χ1n) is 11.2. The Morgan fingerprint density at radius 1 is 1.10 bits per heavy atom.